The minimum Gasteiger partial charge on any atom is -0.496 e. The average molecular weight is 265 g/mol. The largest absolute Gasteiger partial charge is 0.496 e. The van der Waals surface area contributed by atoms with E-state index < -0.39 is 18.4 Å². The number of ether oxygens (including phenoxy) is 1. The molecule has 0 radical (unpaired) electrons. The molecule has 0 aliphatic heterocycles. The van der Waals surface area contributed by atoms with Crippen molar-refractivity contribution >= 4 is 11.9 Å². The van der Waals surface area contributed by atoms with Gasteiger partial charge in [0.25, 0.3) is 5.91 Å². The summed E-state index contributed by atoms with van der Waals surface area (Å²) in [7, 11) is 1.47. The summed E-state index contributed by atoms with van der Waals surface area (Å²) in [5, 5.41) is 10.9. The molecule has 1 amide bonds. The third-order valence-electron chi connectivity index (χ3n) is 2.71. The molecule has 0 bridgehead atoms. The Morgan fingerprint density at radius 2 is 1.95 bits per heavy atom. The SMILES string of the molecule is COc1ccc(C(C)(C)C)cc1C(=O)NCC(=O)O. The fraction of sp³-hybridized carbons (Fsp3) is 0.429. The highest BCUT2D eigenvalue weighted by Gasteiger charge is 2.19. The summed E-state index contributed by atoms with van der Waals surface area (Å²) < 4.78 is 5.13. The highest BCUT2D eigenvalue weighted by atomic mass is 16.5. The van der Waals surface area contributed by atoms with Gasteiger partial charge >= 0.3 is 5.97 Å². The lowest BCUT2D eigenvalue weighted by Gasteiger charge is -2.20. The van der Waals surface area contributed by atoms with Crippen molar-refractivity contribution < 1.29 is 19.4 Å². The molecule has 2 N–H and O–H groups in total. The Morgan fingerprint density at radius 1 is 1.32 bits per heavy atom. The molecule has 5 heteroatoms. The Hall–Kier alpha value is -2.04. The van der Waals surface area contributed by atoms with E-state index in [0.29, 0.717) is 11.3 Å². The minimum absolute atomic E-state index is 0.103. The van der Waals surface area contributed by atoms with Crippen molar-refractivity contribution in [2.75, 3.05) is 13.7 Å². The van der Waals surface area contributed by atoms with E-state index in [-0.39, 0.29) is 5.41 Å². The minimum atomic E-state index is -1.08. The van der Waals surface area contributed by atoms with E-state index in [4.69, 9.17) is 9.84 Å². The van der Waals surface area contributed by atoms with Gasteiger partial charge in [0.1, 0.15) is 12.3 Å². The summed E-state index contributed by atoms with van der Waals surface area (Å²) >= 11 is 0. The van der Waals surface area contributed by atoms with Crippen LogP contribution in [0.2, 0.25) is 0 Å². The van der Waals surface area contributed by atoms with Gasteiger partial charge in [0, 0.05) is 0 Å². The predicted molar refractivity (Wildman–Crippen MR) is 71.7 cm³/mol. The molecule has 0 heterocycles. The van der Waals surface area contributed by atoms with Crippen molar-refractivity contribution in [2.45, 2.75) is 26.2 Å². The first-order valence-corrected chi connectivity index (χ1v) is 5.94. The Kier molecular flexibility index (Phi) is 4.53. The van der Waals surface area contributed by atoms with Gasteiger partial charge in [0.05, 0.1) is 12.7 Å². The third kappa shape index (κ3) is 3.98. The first-order valence-electron chi connectivity index (χ1n) is 5.94. The van der Waals surface area contributed by atoms with Crippen LogP contribution in [0.5, 0.6) is 5.75 Å². The number of rotatable bonds is 4. The summed E-state index contributed by atoms with van der Waals surface area (Å²) in [5.74, 6) is -1.11. The van der Waals surface area contributed by atoms with E-state index in [1.807, 2.05) is 26.8 Å². The number of carbonyl (C=O) groups is 2. The standard InChI is InChI=1S/C14H19NO4/c1-14(2,3)9-5-6-11(19-4)10(7-9)13(18)15-8-12(16)17/h5-7H,8H2,1-4H3,(H,15,18)(H,16,17). The van der Waals surface area contributed by atoms with Crippen LogP contribution in [-0.4, -0.2) is 30.6 Å². The monoisotopic (exact) mass is 265 g/mol. The van der Waals surface area contributed by atoms with Crippen LogP contribution < -0.4 is 10.1 Å². The number of hydrogen-bond acceptors (Lipinski definition) is 3. The van der Waals surface area contributed by atoms with Crippen molar-refractivity contribution in [3.63, 3.8) is 0 Å². The molecule has 0 saturated heterocycles. The number of carbonyl (C=O) groups excluding carboxylic acids is 1. The molecule has 104 valence electrons. The van der Waals surface area contributed by atoms with Crippen molar-refractivity contribution in [1.82, 2.24) is 5.32 Å². The fourth-order valence-corrected chi connectivity index (χ4v) is 1.60. The first kappa shape index (κ1) is 15.0. The number of carboxylic acids is 1. The topological polar surface area (TPSA) is 75.6 Å². The second kappa shape index (κ2) is 5.73. The van der Waals surface area contributed by atoms with Crippen molar-refractivity contribution in [3.8, 4) is 5.75 Å². The predicted octanol–water partition coefficient (Wildman–Crippen LogP) is 1.81. The molecule has 0 aliphatic rings. The number of methoxy groups -OCH3 is 1. The normalized spacial score (nSPS) is 10.9. The molecule has 0 aliphatic carbocycles. The van der Waals surface area contributed by atoms with Gasteiger partial charge in [-0.1, -0.05) is 26.8 Å². The first-order chi connectivity index (χ1) is 8.75. The number of amides is 1. The number of hydrogen-bond donors (Lipinski definition) is 2. The third-order valence-corrected chi connectivity index (χ3v) is 2.71. The molecule has 19 heavy (non-hydrogen) atoms. The summed E-state index contributed by atoms with van der Waals surface area (Å²) in [4.78, 5) is 22.4. The lowest BCUT2D eigenvalue weighted by atomic mass is 9.86. The molecule has 1 aromatic rings. The lowest BCUT2D eigenvalue weighted by Crippen LogP contribution is -2.29. The van der Waals surface area contributed by atoms with Crippen LogP contribution in [-0.2, 0) is 10.2 Å². The van der Waals surface area contributed by atoms with Crippen LogP contribution in [0.25, 0.3) is 0 Å². The van der Waals surface area contributed by atoms with E-state index in [0.717, 1.165) is 5.56 Å². The second-order valence-electron chi connectivity index (χ2n) is 5.24. The lowest BCUT2D eigenvalue weighted by molar-refractivity contribution is -0.135. The molecule has 0 aromatic heterocycles. The molecule has 1 aromatic carbocycles. The molecule has 0 atom stereocenters. The van der Waals surface area contributed by atoms with Gasteiger partial charge in [0.2, 0.25) is 0 Å². The van der Waals surface area contributed by atoms with Crippen LogP contribution in [0.1, 0.15) is 36.7 Å². The second-order valence-corrected chi connectivity index (χ2v) is 5.24. The number of aliphatic carboxylic acids is 1. The molecular formula is C14H19NO4. The van der Waals surface area contributed by atoms with Crippen molar-refractivity contribution in [3.05, 3.63) is 29.3 Å². The van der Waals surface area contributed by atoms with Crippen LogP contribution in [0.4, 0.5) is 0 Å². The van der Waals surface area contributed by atoms with Gasteiger partial charge < -0.3 is 15.2 Å². The van der Waals surface area contributed by atoms with Gasteiger partial charge in [-0.3, -0.25) is 9.59 Å². The van der Waals surface area contributed by atoms with Gasteiger partial charge in [-0.2, -0.15) is 0 Å². The Bertz CT molecular complexity index is 489. The van der Waals surface area contributed by atoms with E-state index in [1.54, 1.807) is 12.1 Å². The maximum atomic E-state index is 12.0. The number of benzene rings is 1. The summed E-state index contributed by atoms with van der Waals surface area (Å²) in [6.07, 6.45) is 0. The zero-order chi connectivity index (χ0) is 14.6. The fourth-order valence-electron chi connectivity index (χ4n) is 1.60. The van der Waals surface area contributed by atoms with Crippen LogP contribution in [0.15, 0.2) is 18.2 Å². The van der Waals surface area contributed by atoms with Crippen LogP contribution >= 0.6 is 0 Å². The van der Waals surface area contributed by atoms with Gasteiger partial charge in [-0.15, -0.1) is 0 Å². The Balaban J connectivity index is 3.09. The van der Waals surface area contributed by atoms with Crippen LogP contribution in [0.3, 0.4) is 0 Å². The van der Waals surface area contributed by atoms with Gasteiger partial charge in [-0.05, 0) is 23.1 Å². The summed E-state index contributed by atoms with van der Waals surface area (Å²) in [6.45, 7) is 5.69. The molecular weight excluding hydrogens is 246 g/mol. The molecule has 5 nitrogen and oxygen atoms in total. The van der Waals surface area contributed by atoms with Crippen LogP contribution in [0, 0.1) is 0 Å². The molecule has 0 fully saturated rings. The smallest absolute Gasteiger partial charge is 0.322 e. The number of carboxylic acid groups (broad SMARTS) is 1. The Labute approximate surface area is 112 Å². The van der Waals surface area contributed by atoms with Gasteiger partial charge in [-0.25, -0.2) is 0 Å². The van der Waals surface area contributed by atoms with Crippen molar-refractivity contribution in [2.24, 2.45) is 0 Å². The zero-order valence-electron chi connectivity index (χ0n) is 11.6. The highest BCUT2D eigenvalue weighted by molar-refractivity contribution is 5.98. The van der Waals surface area contributed by atoms with Gasteiger partial charge in [0.15, 0.2) is 0 Å². The summed E-state index contributed by atoms with van der Waals surface area (Å²) in [5.41, 5.74) is 1.22. The molecule has 0 saturated carbocycles. The van der Waals surface area contributed by atoms with E-state index in [2.05, 4.69) is 5.32 Å². The average Bonchev–Trinajstić information content (AvgIpc) is 2.33. The number of nitrogens with one attached hydrogen (secondary N) is 1. The maximum absolute atomic E-state index is 12.0. The van der Waals surface area contributed by atoms with E-state index >= 15 is 0 Å². The summed E-state index contributed by atoms with van der Waals surface area (Å²) in [6, 6.07) is 5.35. The van der Waals surface area contributed by atoms with E-state index in [1.165, 1.54) is 7.11 Å². The molecule has 0 spiro atoms. The maximum Gasteiger partial charge on any atom is 0.322 e. The zero-order valence-corrected chi connectivity index (χ0v) is 11.6. The quantitative estimate of drug-likeness (QED) is 0.870. The Morgan fingerprint density at radius 3 is 2.42 bits per heavy atom. The highest BCUT2D eigenvalue weighted by Crippen LogP contribution is 2.27. The molecule has 0 unspecified atom stereocenters. The molecule has 1 rings (SSSR count). The van der Waals surface area contributed by atoms with E-state index in [9.17, 15) is 9.59 Å². The van der Waals surface area contributed by atoms with Crippen molar-refractivity contribution in [1.29, 1.82) is 0 Å².